The number of hydrogen-bond donors (Lipinski definition) is 4. The third-order valence-corrected chi connectivity index (χ3v) is 16.1. The Morgan fingerprint density at radius 3 is 2.49 bits per heavy atom. The monoisotopic (exact) mass is 1150 g/mol. The zero-order valence-corrected chi connectivity index (χ0v) is 47.8. The van der Waals surface area contributed by atoms with Gasteiger partial charge in [0.1, 0.15) is 41.4 Å². The third kappa shape index (κ3) is 12.9. The second kappa shape index (κ2) is 25.4. The molecule has 23 heteroatoms. The van der Waals surface area contributed by atoms with E-state index in [1.165, 1.54) is 34.1 Å². The lowest BCUT2D eigenvalue weighted by atomic mass is 9.91. The molecule has 2 aliphatic heterocycles. The number of amides is 4. The first-order valence-electron chi connectivity index (χ1n) is 26.8. The van der Waals surface area contributed by atoms with Crippen molar-refractivity contribution in [3.63, 3.8) is 0 Å². The summed E-state index contributed by atoms with van der Waals surface area (Å²) in [5, 5.41) is 33.5. The molecule has 3 aromatic heterocycles. The van der Waals surface area contributed by atoms with Crippen molar-refractivity contribution in [3.05, 3.63) is 100 Å². The summed E-state index contributed by atoms with van der Waals surface area (Å²) < 4.78 is 40.0. The first-order valence-corrected chi connectivity index (χ1v) is 28.1. The van der Waals surface area contributed by atoms with Crippen LogP contribution in [0.15, 0.2) is 76.8 Å². The van der Waals surface area contributed by atoms with Crippen molar-refractivity contribution in [3.8, 4) is 38.9 Å². The molecule has 20 nitrogen and oxygen atoms in total. The molecular formula is C58H66ClFN10O10S. The highest BCUT2D eigenvalue weighted by Gasteiger charge is 2.44. The number of likely N-dealkylation sites (tertiary alicyclic amines) is 1. The molecule has 9 rings (SSSR count). The van der Waals surface area contributed by atoms with Crippen LogP contribution in [0.2, 0.25) is 5.02 Å². The Kier molecular flexibility index (Phi) is 18.2. The number of carbonyl (C=O) groups is 4. The van der Waals surface area contributed by atoms with Crippen molar-refractivity contribution < 1.29 is 52.5 Å². The number of aryl methyl sites for hydroxylation is 1. The van der Waals surface area contributed by atoms with E-state index in [1.807, 2.05) is 75.1 Å². The van der Waals surface area contributed by atoms with E-state index in [0.717, 1.165) is 21.7 Å². The van der Waals surface area contributed by atoms with E-state index < -0.39 is 35.8 Å². The number of aromatic nitrogens is 4. The number of β-amino-alcohol motifs (C(OH)–C–C–N with tert-alkyl or cyclic N) is 1. The summed E-state index contributed by atoms with van der Waals surface area (Å²) in [6.07, 6.45) is -0.785. The fraction of sp³-hybridized carbons (Fsp3) is 0.414. The largest absolute Gasteiger partial charge is 0.508 e. The van der Waals surface area contributed by atoms with Gasteiger partial charge >= 0.3 is 0 Å². The Labute approximate surface area is 477 Å². The average Bonchev–Trinajstić information content (AvgIpc) is 4.35. The number of ether oxygens (including phenoxy) is 3. The van der Waals surface area contributed by atoms with Crippen molar-refractivity contribution in [1.29, 1.82) is 0 Å². The maximum atomic E-state index is 17.0. The van der Waals surface area contributed by atoms with E-state index in [-0.39, 0.29) is 115 Å². The second-order valence-corrected chi connectivity index (χ2v) is 21.9. The highest BCUT2D eigenvalue weighted by Crippen LogP contribution is 2.43. The molecule has 4 amide bonds. The number of aromatic hydroxyl groups is 1. The van der Waals surface area contributed by atoms with Gasteiger partial charge in [-0.3, -0.25) is 19.2 Å². The van der Waals surface area contributed by atoms with Crippen LogP contribution in [-0.2, 0) is 23.9 Å². The van der Waals surface area contributed by atoms with Crippen molar-refractivity contribution >= 4 is 80.0 Å². The highest BCUT2D eigenvalue weighted by molar-refractivity contribution is 7.13. The molecule has 2 saturated heterocycles. The van der Waals surface area contributed by atoms with Crippen molar-refractivity contribution in [2.75, 3.05) is 90.0 Å². The minimum atomic E-state index is -0.932. The van der Waals surface area contributed by atoms with Gasteiger partial charge in [-0.15, -0.1) is 11.3 Å². The van der Waals surface area contributed by atoms with Gasteiger partial charge in [-0.25, -0.2) is 14.4 Å². The number of likely N-dealkylation sites (N-methyl/N-ethyl adjacent to an activating group) is 1. The maximum Gasteiger partial charge on any atom is 0.254 e. The summed E-state index contributed by atoms with van der Waals surface area (Å²) in [6.45, 7) is 11.6. The number of carbonyl (C=O) groups excluding carboxylic acids is 4. The van der Waals surface area contributed by atoms with Crippen LogP contribution in [0.5, 0.6) is 17.4 Å². The summed E-state index contributed by atoms with van der Waals surface area (Å²) >= 11 is 8.42. The number of thiazole rings is 1. The summed E-state index contributed by atoms with van der Waals surface area (Å²) in [5.74, 6) is -1.39. The van der Waals surface area contributed by atoms with E-state index in [9.17, 15) is 29.4 Å². The van der Waals surface area contributed by atoms with E-state index in [1.54, 1.807) is 42.8 Å². The summed E-state index contributed by atoms with van der Waals surface area (Å²) in [4.78, 5) is 75.0. The quantitative estimate of drug-likeness (QED) is 0.0499. The van der Waals surface area contributed by atoms with Gasteiger partial charge in [0.05, 0.1) is 53.6 Å². The van der Waals surface area contributed by atoms with Crippen LogP contribution in [0.25, 0.3) is 43.2 Å². The van der Waals surface area contributed by atoms with Gasteiger partial charge < -0.3 is 59.2 Å². The molecule has 0 saturated carbocycles. The first-order chi connectivity index (χ1) is 38.9. The summed E-state index contributed by atoms with van der Waals surface area (Å²) in [5.41, 5.74) is 4.87. The summed E-state index contributed by atoms with van der Waals surface area (Å²) in [6, 6.07) is 17.9. The van der Waals surface area contributed by atoms with Gasteiger partial charge in [0.25, 0.3) is 5.88 Å². The predicted molar refractivity (Wildman–Crippen MR) is 306 cm³/mol. The number of nitrogens with zero attached hydrogens (tertiary/aromatic N) is 8. The highest BCUT2D eigenvalue weighted by atomic mass is 35.5. The van der Waals surface area contributed by atoms with Gasteiger partial charge in [0.15, 0.2) is 11.6 Å². The Hall–Kier alpha value is -7.66. The van der Waals surface area contributed by atoms with Crippen LogP contribution in [0.4, 0.5) is 16.2 Å². The number of piperazine rings is 1. The Bertz CT molecular complexity index is 3440. The number of methoxy groups -OCH3 is 1. The van der Waals surface area contributed by atoms with Crippen LogP contribution in [0, 0.1) is 18.7 Å². The third-order valence-electron chi connectivity index (χ3n) is 14.8. The Morgan fingerprint density at radius 2 is 1.77 bits per heavy atom. The molecule has 4 atom stereocenters. The summed E-state index contributed by atoms with van der Waals surface area (Å²) in [7, 11) is 3.23. The number of benzene rings is 4. The van der Waals surface area contributed by atoms with E-state index in [2.05, 4.69) is 25.8 Å². The minimum Gasteiger partial charge on any atom is -0.508 e. The van der Waals surface area contributed by atoms with Crippen LogP contribution < -0.4 is 25.0 Å². The fourth-order valence-corrected chi connectivity index (χ4v) is 11.6. The van der Waals surface area contributed by atoms with Gasteiger partial charge in [0, 0.05) is 95.2 Å². The van der Waals surface area contributed by atoms with E-state index in [4.69, 9.17) is 35.3 Å². The molecule has 1 unspecified atom stereocenters. The molecule has 428 valence electrons. The van der Waals surface area contributed by atoms with Gasteiger partial charge in [-0.2, -0.15) is 4.98 Å². The van der Waals surface area contributed by atoms with Crippen LogP contribution in [0.3, 0.4) is 0 Å². The maximum absolute atomic E-state index is 17.0. The molecule has 0 aliphatic carbocycles. The number of fused-ring (bicyclic) bond motifs is 2. The predicted octanol–water partition coefficient (Wildman–Crippen LogP) is 7.98. The van der Waals surface area contributed by atoms with Crippen molar-refractivity contribution in [2.24, 2.45) is 5.92 Å². The normalized spacial score (nSPS) is 16.3. The number of aliphatic hydroxyl groups excluding tert-OH is 1. The zero-order chi connectivity index (χ0) is 57.6. The number of rotatable bonds is 21. The molecule has 2 aliphatic rings. The van der Waals surface area contributed by atoms with Crippen LogP contribution >= 0.6 is 22.9 Å². The molecule has 0 spiro atoms. The molecule has 81 heavy (non-hydrogen) atoms. The lowest BCUT2D eigenvalue weighted by Gasteiger charge is -2.35. The van der Waals surface area contributed by atoms with Gasteiger partial charge in [0.2, 0.25) is 29.6 Å². The molecule has 2 fully saturated rings. The molecule has 0 radical (unpaired) electrons. The van der Waals surface area contributed by atoms with Gasteiger partial charge in [-0.05, 0) is 71.1 Å². The molecule has 7 aromatic rings. The molecule has 0 bridgehead atoms. The lowest BCUT2D eigenvalue weighted by Crippen LogP contribution is -2.48. The van der Waals surface area contributed by atoms with Crippen LogP contribution in [-0.4, -0.2) is 161 Å². The smallest absolute Gasteiger partial charge is 0.254 e. The van der Waals surface area contributed by atoms with Crippen molar-refractivity contribution in [2.45, 2.75) is 71.6 Å². The van der Waals surface area contributed by atoms with Gasteiger partial charge in [-0.1, -0.05) is 61.8 Å². The standard InChI is InChI=1S/C58H66ClFN10O10S/c1-32(2)50(57(76)70-30-39(73)27-45(70)56(75)63-33(3)40-13-12-37(25-46(40)77-7)54-34(4)62-31-81-54)47-29-48(66-80-47)79-23-22-78-21-20-67(6)49(74)14-15-61-58-64-53-43(55(65-58)69-18-16-68(17-19-69)35(5)71)28-44(59)51(52(53)60)42-26-38(72)24-36-10-8-9-11-41(36)42/h8-13,24-26,28-29,31-33,39,45,50,72-73H,14-23,27,30H2,1-7H3,(H,63,75)(H,61,64,65)/t33-,39+,45-,50?/m0/s1. The number of halogens is 2. The fourth-order valence-electron chi connectivity index (χ4n) is 10.5. The second-order valence-electron chi connectivity index (χ2n) is 20.6. The van der Waals surface area contributed by atoms with E-state index >= 15 is 4.39 Å². The number of phenols is 1. The lowest BCUT2D eigenvalue weighted by molar-refractivity contribution is -0.141. The molecule has 4 aromatic carbocycles. The number of anilines is 2. The Morgan fingerprint density at radius 1 is 0.988 bits per heavy atom. The topological polar surface area (TPSA) is 238 Å². The first kappa shape index (κ1) is 58.0. The number of hydrogen-bond acceptors (Lipinski definition) is 17. The minimum absolute atomic E-state index is 0.00323. The van der Waals surface area contributed by atoms with Crippen LogP contribution in [0.1, 0.15) is 69.5 Å². The van der Waals surface area contributed by atoms with Crippen molar-refractivity contribution in [1.82, 2.24) is 40.1 Å². The number of aliphatic hydroxyl groups is 1. The SMILES string of the molecule is COc1cc(-c2scnc2C)ccc1[C@H](C)NC(=O)[C@@H]1C[C@@H](O)CN1C(=O)C(c1cc(OCCOCCN(C)C(=O)CCNc2nc(N3CCN(C(C)=O)CC3)c3cc(Cl)c(-c4cc(O)cc5ccccc45)c(F)c3n2)no1)C(C)C. The number of phenolic OH excluding ortho intramolecular Hbond substituents is 1. The Balaban J connectivity index is 0.763. The molecule has 5 heterocycles. The molecular weight excluding hydrogens is 1080 g/mol. The number of nitrogens with one attached hydrogen (secondary N) is 2. The molecule has 4 N–H and O–H groups in total. The van der Waals surface area contributed by atoms with E-state index in [0.29, 0.717) is 59.5 Å². The average molecular weight is 1150 g/mol. The zero-order valence-electron chi connectivity index (χ0n) is 46.2.